The summed E-state index contributed by atoms with van der Waals surface area (Å²) in [5.41, 5.74) is 9.79. The number of rotatable bonds is 5. The molecule has 0 atom stereocenters. The predicted molar refractivity (Wildman–Crippen MR) is 91.3 cm³/mol. The SMILES string of the molecule is CCCOc1nc(Nc2c(C)cc(Br)cc2C)ccc1N. The lowest BCUT2D eigenvalue weighted by Crippen LogP contribution is -2.04. The van der Waals surface area contributed by atoms with Crippen molar-refractivity contribution < 1.29 is 4.74 Å². The van der Waals surface area contributed by atoms with Crippen molar-refractivity contribution in [1.29, 1.82) is 0 Å². The largest absolute Gasteiger partial charge is 0.476 e. The van der Waals surface area contributed by atoms with Crippen LogP contribution in [-0.4, -0.2) is 11.6 Å². The summed E-state index contributed by atoms with van der Waals surface area (Å²) >= 11 is 3.50. The molecule has 4 nitrogen and oxygen atoms in total. The molecule has 0 fully saturated rings. The van der Waals surface area contributed by atoms with E-state index in [0.717, 1.165) is 33.5 Å². The number of aromatic nitrogens is 1. The van der Waals surface area contributed by atoms with Crippen LogP contribution in [0.4, 0.5) is 17.2 Å². The maximum absolute atomic E-state index is 5.88. The van der Waals surface area contributed by atoms with Gasteiger partial charge in [0.15, 0.2) is 0 Å². The van der Waals surface area contributed by atoms with E-state index in [2.05, 4.69) is 52.2 Å². The molecule has 0 aliphatic rings. The second kappa shape index (κ2) is 6.80. The number of hydrogen-bond acceptors (Lipinski definition) is 4. The number of nitrogen functional groups attached to an aromatic ring is 1. The summed E-state index contributed by atoms with van der Waals surface area (Å²) < 4.78 is 6.63. The molecular formula is C16H20BrN3O. The molecule has 21 heavy (non-hydrogen) atoms. The van der Waals surface area contributed by atoms with Gasteiger partial charge in [0.05, 0.1) is 12.3 Å². The van der Waals surface area contributed by atoms with Gasteiger partial charge in [0.1, 0.15) is 5.82 Å². The van der Waals surface area contributed by atoms with Crippen LogP contribution < -0.4 is 15.8 Å². The Hall–Kier alpha value is -1.75. The highest BCUT2D eigenvalue weighted by molar-refractivity contribution is 9.10. The fourth-order valence-electron chi connectivity index (χ4n) is 2.07. The highest BCUT2D eigenvalue weighted by Gasteiger charge is 2.08. The number of anilines is 3. The number of nitrogens with one attached hydrogen (secondary N) is 1. The molecule has 1 aromatic heterocycles. The van der Waals surface area contributed by atoms with Gasteiger partial charge < -0.3 is 15.8 Å². The van der Waals surface area contributed by atoms with Crippen LogP contribution in [0.25, 0.3) is 0 Å². The quantitative estimate of drug-likeness (QED) is 0.829. The number of ether oxygens (including phenoxy) is 1. The van der Waals surface area contributed by atoms with Gasteiger partial charge in [-0.3, -0.25) is 0 Å². The van der Waals surface area contributed by atoms with Crippen molar-refractivity contribution in [2.24, 2.45) is 0 Å². The van der Waals surface area contributed by atoms with Crippen molar-refractivity contribution in [2.75, 3.05) is 17.7 Å². The molecule has 0 spiro atoms. The third-order valence-electron chi connectivity index (χ3n) is 3.08. The monoisotopic (exact) mass is 349 g/mol. The fraction of sp³-hybridized carbons (Fsp3) is 0.312. The standard InChI is InChI=1S/C16H20BrN3O/c1-4-7-21-16-13(18)5-6-14(20-16)19-15-10(2)8-12(17)9-11(15)3/h5-6,8-9H,4,7,18H2,1-3H3,(H,19,20). The minimum atomic E-state index is 0.481. The van der Waals surface area contributed by atoms with Crippen molar-refractivity contribution >= 4 is 33.1 Å². The molecule has 2 aromatic rings. The molecule has 3 N–H and O–H groups in total. The van der Waals surface area contributed by atoms with Gasteiger partial charge in [-0.1, -0.05) is 22.9 Å². The second-order valence-electron chi connectivity index (χ2n) is 4.98. The molecule has 0 bridgehead atoms. The van der Waals surface area contributed by atoms with Crippen LogP contribution in [0.2, 0.25) is 0 Å². The first-order chi connectivity index (χ1) is 10.0. The minimum absolute atomic E-state index is 0.481. The topological polar surface area (TPSA) is 60.2 Å². The normalized spacial score (nSPS) is 10.5. The van der Waals surface area contributed by atoms with E-state index >= 15 is 0 Å². The Bertz CT molecular complexity index is 620. The zero-order valence-corrected chi connectivity index (χ0v) is 14.1. The van der Waals surface area contributed by atoms with Crippen LogP contribution in [0.5, 0.6) is 5.88 Å². The highest BCUT2D eigenvalue weighted by atomic mass is 79.9. The third kappa shape index (κ3) is 3.88. The first-order valence-electron chi connectivity index (χ1n) is 6.94. The number of nitrogens with zero attached hydrogens (tertiary/aromatic N) is 1. The molecule has 0 amide bonds. The van der Waals surface area contributed by atoms with Crippen LogP contribution in [0.1, 0.15) is 24.5 Å². The summed E-state index contributed by atoms with van der Waals surface area (Å²) in [7, 11) is 0. The van der Waals surface area contributed by atoms with Gasteiger partial charge in [-0.25, -0.2) is 0 Å². The van der Waals surface area contributed by atoms with E-state index in [1.165, 1.54) is 0 Å². The lowest BCUT2D eigenvalue weighted by atomic mass is 10.1. The summed E-state index contributed by atoms with van der Waals surface area (Å²) in [4.78, 5) is 4.44. The van der Waals surface area contributed by atoms with Gasteiger partial charge in [-0.05, 0) is 55.7 Å². The molecule has 5 heteroatoms. The lowest BCUT2D eigenvalue weighted by Gasteiger charge is -2.14. The predicted octanol–water partition coefficient (Wildman–Crippen LogP) is 4.58. The van der Waals surface area contributed by atoms with Gasteiger partial charge >= 0.3 is 0 Å². The van der Waals surface area contributed by atoms with E-state index in [0.29, 0.717) is 18.2 Å². The van der Waals surface area contributed by atoms with Crippen molar-refractivity contribution in [1.82, 2.24) is 4.98 Å². The van der Waals surface area contributed by atoms with E-state index < -0.39 is 0 Å². The Morgan fingerprint density at radius 2 is 1.90 bits per heavy atom. The maximum Gasteiger partial charge on any atom is 0.239 e. The van der Waals surface area contributed by atoms with Gasteiger partial charge in [0, 0.05) is 10.2 Å². The van der Waals surface area contributed by atoms with Gasteiger partial charge in [-0.2, -0.15) is 4.98 Å². The maximum atomic E-state index is 5.88. The molecule has 0 saturated carbocycles. The summed E-state index contributed by atoms with van der Waals surface area (Å²) in [6, 6.07) is 7.81. The molecule has 0 unspecified atom stereocenters. The van der Waals surface area contributed by atoms with Crippen molar-refractivity contribution in [2.45, 2.75) is 27.2 Å². The van der Waals surface area contributed by atoms with Crippen molar-refractivity contribution in [3.63, 3.8) is 0 Å². The second-order valence-corrected chi connectivity index (χ2v) is 5.89. The van der Waals surface area contributed by atoms with Gasteiger partial charge in [0.25, 0.3) is 0 Å². The Kier molecular flexibility index (Phi) is 5.07. The van der Waals surface area contributed by atoms with Crippen LogP contribution >= 0.6 is 15.9 Å². The first kappa shape index (κ1) is 15.6. The van der Waals surface area contributed by atoms with Crippen LogP contribution in [0.3, 0.4) is 0 Å². The fourth-order valence-corrected chi connectivity index (χ4v) is 2.76. The molecule has 1 aromatic carbocycles. The van der Waals surface area contributed by atoms with Crippen LogP contribution in [0.15, 0.2) is 28.7 Å². The zero-order chi connectivity index (χ0) is 15.4. The number of benzene rings is 1. The average Bonchev–Trinajstić information content (AvgIpc) is 2.43. The van der Waals surface area contributed by atoms with E-state index in [-0.39, 0.29) is 0 Å². The van der Waals surface area contributed by atoms with Gasteiger partial charge in [0.2, 0.25) is 5.88 Å². The third-order valence-corrected chi connectivity index (χ3v) is 3.54. The first-order valence-corrected chi connectivity index (χ1v) is 7.73. The summed E-state index contributed by atoms with van der Waals surface area (Å²) in [5, 5.41) is 3.34. The van der Waals surface area contributed by atoms with E-state index in [1.807, 2.05) is 19.1 Å². The summed E-state index contributed by atoms with van der Waals surface area (Å²) in [6.45, 7) is 6.78. The van der Waals surface area contributed by atoms with Crippen LogP contribution in [0, 0.1) is 13.8 Å². The zero-order valence-electron chi connectivity index (χ0n) is 12.5. The van der Waals surface area contributed by atoms with E-state index in [9.17, 15) is 0 Å². The Labute approximate surface area is 133 Å². The minimum Gasteiger partial charge on any atom is -0.476 e. The average molecular weight is 350 g/mol. The Morgan fingerprint density at radius 1 is 1.24 bits per heavy atom. The van der Waals surface area contributed by atoms with Gasteiger partial charge in [-0.15, -0.1) is 0 Å². The highest BCUT2D eigenvalue weighted by Crippen LogP contribution is 2.29. The Morgan fingerprint density at radius 3 is 2.52 bits per heavy atom. The van der Waals surface area contributed by atoms with Crippen LogP contribution in [-0.2, 0) is 0 Å². The molecular weight excluding hydrogens is 330 g/mol. The molecule has 2 rings (SSSR count). The number of halogens is 1. The number of nitrogens with two attached hydrogens (primary N) is 1. The van der Waals surface area contributed by atoms with E-state index in [1.54, 1.807) is 0 Å². The lowest BCUT2D eigenvalue weighted by molar-refractivity contribution is 0.307. The Balaban J connectivity index is 2.28. The molecule has 0 saturated heterocycles. The van der Waals surface area contributed by atoms with E-state index in [4.69, 9.17) is 10.5 Å². The summed E-state index contributed by atoms with van der Waals surface area (Å²) in [5.74, 6) is 1.21. The molecule has 1 heterocycles. The summed E-state index contributed by atoms with van der Waals surface area (Å²) in [6.07, 6.45) is 0.920. The molecule has 0 aliphatic carbocycles. The van der Waals surface area contributed by atoms with Crippen molar-refractivity contribution in [3.05, 3.63) is 39.9 Å². The number of hydrogen-bond donors (Lipinski definition) is 2. The smallest absolute Gasteiger partial charge is 0.239 e. The molecule has 112 valence electrons. The molecule has 0 radical (unpaired) electrons. The number of pyridine rings is 1. The van der Waals surface area contributed by atoms with Crippen molar-refractivity contribution in [3.8, 4) is 5.88 Å². The molecule has 0 aliphatic heterocycles. The number of aryl methyl sites for hydroxylation is 2.